The van der Waals surface area contributed by atoms with Gasteiger partial charge in [-0.05, 0) is 44.2 Å². The van der Waals surface area contributed by atoms with Gasteiger partial charge in [-0.2, -0.15) is 0 Å². The van der Waals surface area contributed by atoms with Crippen LogP contribution in [0.5, 0.6) is 0 Å². The molecule has 0 saturated heterocycles. The fourth-order valence-electron chi connectivity index (χ4n) is 3.11. The maximum Gasteiger partial charge on any atom is 0.134 e. The van der Waals surface area contributed by atoms with Crippen LogP contribution in [0.15, 0.2) is 18.3 Å². The van der Waals surface area contributed by atoms with Gasteiger partial charge in [0.2, 0.25) is 0 Å². The third kappa shape index (κ3) is 1.79. The van der Waals surface area contributed by atoms with E-state index in [-0.39, 0.29) is 5.92 Å². The molecule has 20 heavy (non-hydrogen) atoms. The number of aryl methyl sites for hydroxylation is 1. The largest absolute Gasteiger partial charge is 0.383 e. The highest BCUT2D eigenvalue weighted by Gasteiger charge is 2.32. The van der Waals surface area contributed by atoms with E-state index in [1.54, 1.807) is 0 Å². The Balaban J connectivity index is 1.82. The Hall–Kier alpha value is -1.97. The summed E-state index contributed by atoms with van der Waals surface area (Å²) in [6.07, 6.45) is 6.42. The van der Waals surface area contributed by atoms with E-state index in [2.05, 4.69) is 16.0 Å². The molecule has 4 nitrogen and oxygen atoms in total. The molecule has 102 valence electrons. The molecule has 0 bridgehead atoms. The number of fused-ring (bicyclic) bond motifs is 1. The normalized spacial score (nSPS) is 20.9. The first kappa shape index (κ1) is 11.8. The van der Waals surface area contributed by atoms with Gasteiger partial charge in [-0.25, -0.2) is 9.97 Å². The lowest BCUT2D eigenvalue weighted by Crippen LogP contribution is -2.11. The van der Waals surface area contributed by atoms with Crippen molar-refractivity contribution in [3.05, 3.63) is 46.7 Å². The quantitative estimate of drug-likeness (QED) is 0.907. The van der Waals surface area contributed by atoms with Crippen molar-refractivity contribution in [3.63, 3.8) is 0 Å². The predicted octanol–water partition coefficient (Wildman–Crippen LogP) is 2.72. The van der Waals surface area contributed by atoms with Crippen molar-refractivity contribution in [3.8, 4) is 0 Å². The summed E-state index contributed by atoms with van der Waals surface area (Å²) in [5, 5.41) is 0. The third-order valence-corrected chi connectivity index (χ3v) is 4.47. The molecule has 2 N–H and O–H groups in total. The van der Waals surface area contributed by atoms with Crippen LogP contribution in [0.2, 0.25) is 0 Å². The molecule has 2 aliphatic carbocycles. The minimum absolute atomic E-state index is 0.286. The first-order valence-corrected chi connectivity index (χ1v) is 7.31. The van der Waals surface area contributed by atoms with Gasteiger partial charge >= 0.3 is 0 Å². The van der Waals surface area contributed by atoms with Crippen molar-refractivity contribution >= 4 is 5.82 Å². The molecule has 4 rings (SSSR count). The zero-order chi connectivity index (χ0) is 13.7. The first-order valence-electron chi connectivity index (χ1n) is 7.31. The van der Waals surface area contributed by atoms with Crippen LogP contribution in [-0.4, -0.2) is 15.0 Å². The summed E-state index contributed by atoms with van der Waals surface area (Å²) in [6, 6.07) is 4.18. The highest BCUT2D eigenvalue weighted by atomic mass is 15.0. The van der Waals surface area contributed by atoms with E-state index in [0.29, 0.717) is 11.7 Å². The first-order chi connectivity index (χ1) is 9.74. The monoisotopic (exact) mass is 266 g/mol. The van der Waals surface area contributed by atoms with E-state index in [1.807, 2.05) is 19.2 Å². The number of hydrogen-bond acceptors (Lipinski definition) is 4. The van der Waals surface area contributed by atoms with Gasteiger partial charge in [0.05, 0.1) is 11.4 Å². The Morgan fingerprint density at radius 3 is 2.80 bits per heavy atom. The van der Waals surface area contributed by atoms with Gasteiger partial charge in [0, 0.05) is 23.6 Å². The number of hydrogen-bond donors (Lipinski definition) is 1. The molecule has 0 aliphatic heterocycles. The molecule has 1 fully saturated rings. The second-order valence-corrected chi connectivity index (χ2v) is 5.89. The molecule has 0 spiro atoms. The number of pyridine rings is 1. The van der Waals surface area contributed by atoms with E-state index in [1.165, 1.54) is 24.1 Å². The molecule has 2 aromatic rings. The number of nitrogen functional groups attached to an aromatic ring is 1. The molecule has 2 aromatic heterocycles. The van der Waals surface area contributed by atoms with Crippen LogP contribution >= 0.6 is 0 Å². The smallest absolute Gasteiger partial charge is 0.134 e. The van der Waals surface area contributed by atoms with Gasteiger partial charge in [0.25, 0.3) is 0 Å². The molecule has 0 aromatic carbocycles. The van der Waals surface area contributed by atoms with Crippen molar-refractivity contribution in [2.24, 2.45) is 0 Å². The molecule has 2 aliphatic rings. The number of nitrogens with two attached hydrogens (primary N) is 1. The Morgan fingerprint density at radius 2 is 2.00 bits per heavy atom. The van der Waals surface area contributed by atoms with Gasteiger partial charge in [-0.15, -0.1) is 0 Å². The van der Waals surface area contributed by atoms with Gasteiger partial charge in [0.1, 0.15) is 11.6 Å². The van der Waals surface area contributed by atoms with Gasteiger partial charge in [-0.1, -0.05) is 6.07 Å². The maximum absolute atomic E-state index is 6.10. The fourth-order valence-corrected chi connectivity index (χ4v) is 3.11. The Kier molecular flexibility index (Phi) is 2.52. The molecule has 0 amide bonds. The van der Waals surface area contributed by atoms with Gasteiger partial charge in [0.15, 0.2) is 0 Å². The number of nitrogens with zero attached hydrogens (tertiary/aromatic N) is 3. The summed E-state index contributed by atoms with van der Waals surface area (Å²) in [5.74, 6) is 2.39. The average molecular weight is 266 g/mol. The van der Waals surface area contributed by atoms with Crippen molar-refractivity contribution in [2.75, 3.05) is 5.73 Å². The zero-order valence-corrected chi connectivity index (χ0v) is 11.6. The fraction of sp³-hybridized carbons (Fsp3) is 0.438. The van der Waals surface area contributed by atoms with Crippen molar-refractivity contribution in [1.29, 1.82) is 0 Å². The molecular weight excluding hydrogens is 248 g/mol. The number of aromatic nitrogens is 3. The van der Waals surface area contributed by atoms with Crippen molar-refractivity contribution in [2.45, 2.75) is 44.4 Å². The third-order valence-electron chi connectivity index (χ3n) is 4.47. The van der Waals surface area contributed by atoms with Crippen LogP contribution in [0.1, 0.15) is 59.4 Å². The van der Waals surface area contributed by atoms with Crippen LogP contribution in [-0.2, 0) is 6.42 Å². The summed E-state index contributed by atoms with van der Waals surface area (Å²) in [6.45, 7) is 2.03. The lowest BCUT2D eigenvalue weighted by molar-refractivity contribution is 0.722. The lowest BCUT2D eigenvalue weighted by Gasteiger charge is -2.15. The summed E-state index contributed by atoms with van der Waals surface area (Å²) in [5.41, 5.74) is 10.7. The van der Waals surface area contributed by atoms with E-state index in [4.69, 9.17) is 10.7 Å². The summed E-state index contributed by atoms with van der Waals surface area (Å²) in [7, 11) is 0. The van der Waals surface area contributed by atoms with Crippen LogP contribution in [0.25, 0.3) is 0 Å². The van der Waals surface area contributed by atoms with Crippen LogP contribution < -0.4 is 5.73 Å². The topological polar surface area (TPSA) is 64.7 Å². The highest BCUT2D eigenvalue weighted by Crippen LogP contribution is 2.42. The van der Waals surface area contributed by atoms with E-state index in [0.717, 1.165) is 29.9 Å². The minimum Gasteiger partial charge on any atom is -0.383 e. The van der Waals surface area contributed by atoms with Gasteiger partial charge in [-0.3, -0.25) is 4.98 Å². The van der Waals surface area contributed by atoms with Gasteiger partial charge < -0.3 is 5.73 Å². The van der Waals surface area contributed by atoms with E-state index < -0.39 is 0 Å². The average Bonchev–Trinajstić information content (AvgIpc) is 3.22. The molecule has 1 atom stereocenters. The van der Waals surface area contributed by atoms with E-state index in [9.17, 15) is 0 Å². The predicted molar refractivity (Wildman–Crippen MR) is 77.6 cm³/mol. The number of anilines is 1. The molecule has 2 heterocycles. The molecular formula is C16H18N4. The maximum atomic E-state index is 6.10. The molecule has 0 radical (unpaired) electrons. The summed E-state index contributed by atoms with van der Waals surface area (Å²) < 4.78 is 0. The standard InChI is InChI=1S/C16H18N4/c1-9-13(19-16(11-4-5-11)20-15(9)17)12-7-6-10-3-2-8-18-14(10)12/h2-3,8,11-12H,4-7H2,1H3,(H2,17,19,20). The molecule has 4 heteroatoms. The molecule has 1 saturated carbocycles. The summed E-state index contributed by atoms with van der Waals surface area (Å²) in [4.78, 5) is 13.9. The Bertz CT molecular complexity index is 676. The Labute approximate surface area is 118 Å². The number of rotatable bonds is 2. The van der Waals surface area contributed by atoms with Crippen molar-refractivity contribution < 1.29 is 0 Å². The summed E-state index contributed by atoms with van der Waals surface area (Å²) >= 11 is 0. The van der Waals surface area contributed by atoms with Crippen molar-refractivity contribution in [1.82, 2.24) is 15.0 Å². The van der Waals surface area contributed by atoms with Crippen LogP contribution in [0.4, 0.5) is 5.82 Å². The SMILES string of the molecule is Cc1c(N)nc(C2CC2)nc1C1CCc2cccnc21. The highest BCUT2D eigenvalue weighted by molar-refractivity contribution is 5.47. The lowest BCUT2D eigenvalue weighted by atomic mass is 9.98. The zero-order valence-electron chi connectivity index (χ0n) is 11.6. The molecule has 1 unspecified atom stereocenters. The second-order valence-electron chi connectivity index (χ2n) is 5.89. The van der Waals surface area contributed by atoms with Crippen LogP contribution in [0.3, 0.4) is 0 Å². The minimum atomic E-state index is 0.286. The van der Waals surface area contributed by atoms with E-state index >= 15 is 0 Å². The Morgan fingerprint density at radius 1 is 1.15 bits per heavy atom. The van der Waals surface area contributed by atoms with Crippen LogP contribution in [0, 0.1) is 6.92 Å². The second kappa shape index (κ2) is 4.27.